The van der Waals surface area contributed by atoms with Crippen LogP contribution in [0.25, 0.3) is 0 Å². The molecule has 1 aromatic rings. The standard InChI is InChI=1S/C20H34N6O3S/c1-4-25(5-2)15-12-22-18-17(8-7-11-21-18)24-30-19(27)23-16-9-13-26(14-10-16)20(28)29-6-3/h7-8,11,16,24H,4-6,9-10,12-15H2,1-3H3,(H,21,22)(H,23,27). The third-order valence-corrected chi connectivity index (χ3v) is 5.64. The molecule has 0 radical (unpaired) electrons. The van der Waals surface area contributed by atoms with Gasteiger partial charge in [-0.25, -0.2) is 9.78 Å². The molecule has 9 nitrogen and oxygen atoms in total. The Morgan fingerprint density at radius 1 is 1.27 bits per heavy atom. The number of carbonyl (C=O) groups excluding carboxylic acids is 2. The molecule has 1 aromatic heterocycles. The molecule has 0 aliphatic carbocycles. The third kappa shape index (κ3) is 7.91. The summed E-state index contributed by atoms with van der Waals surface area (Å²) in [5.41, 5.74) is 0.773. The lowest BCUT2D eigenvalue weighted by molar-refractivity contribution is 0.0960. The van der Waals surface area contributed by atoms with Crippen molar-refractivity contribution in [1.82, 2.24) is 20.1 Å². The van der Waals surface area contributed by atoms with Gasteiger partial charge >= 0.3 is 6.09 Å². The number of rotatable bonds is 10. The van der Waals surface area contributed by atoms with Crippen LogP contribution < -0.4 is 15.4 Å². The van der Waals surface area contributed by atoms with Gasteiger partial charge in [0.1, 0.15) is 5.82 Å². The zero-order chi connectivity index (χ0) is 21.8. The second kappa shape index (κ2) is 13.2. The van der Waals surface area contributed by atoms with Gasteiger partial charge in [0, 0.05) is 50.4 Å². The molecule has 0 spiro atoms. The van der Waals surface area contributed by atoms with Crippen molar-refractivity contribution in [3.8, 4) is 0 Å². The van der Waals surface area contributed by atoms with Crippen molar-refractivity contribution >= 4 is 34.8 Å². The molecule has 1 aliphatic heterocycles. The van der Waals surface area contributed by atoms with Gasteiger partial charge in [0.2, 0.25) is 0 Å². The van der Waals surface area contributed by atoms with E-state index in [9.17, 15) is 9.59 Å². The van der Waals surface area contributed by atoms with E-state index < -0.39 is 0 Å². The Labute approximate surface area is 183 Å². The van der Waals surface area contributed by atoms with Crippen LogP contribution in [0.4, 0.5) is 21.1 Å². The van der Waals surface area contributed by atoms with E-state index in [1.54, 1.807) is 18.0 Å². The second-order valence-corrected chi connectivity index (χ2v) is 7.73. The van der Waals surface area contributed by atoms with Gasteiger partial charge in [-0.2, -0.15) is 0 Å². The summed E-state index contributed by atoms with van der Waals surface area (Å²) in [6, 6.07) is 3.78. The van der Waals surface area contributed by atoms with Gasteiger partial charge in [0.05, 0.1) is 12.3 Å². The van der Waals surface area contributed by atoms with Crippen LogP contribution in [0.3, 0.4) is 0 Å². The van der Waals surface area contributed by atoms with Crippen LogP contribution in [0.2, 0.25) is 0 Å². The number of nitrogens with one attached hydrogen (secondary N) is 3. The number of carbonyl (C=O) groups is 2. The van der Waals surface area contributed by atoms with Crippen LogP contribution in [0.5, 0.6) is 0 Å². The van der Waals surface area contributed by atoms with Gasteiger partial charge in [0.15, 0.2) is 0 Å². The number of amides is 2. The van der Waals surface area contributed by atoms with E-state index in [1.165, 1.54) is 0 Å². The number of anilines is 2. The lowest BCUT2D eigenvalue weighted by Gasteiger charge is -2.31. The van der Waals surface area contributed by atoms with E-state index in [-0.39, 0.29) is 17.4 Å². The van der Waals surface area contributed by atoms with E-state index in [1.807, 2.05) is 12.1 Å². The highest BCUT2D eigenvalue weighted by atomic mass is 32.2. The fraction of sp³-hybridized carbons (Fsp3) is 0.650. The van der Waals surface area contributed by atoms with Crippen molar-refractivity contribution in [2.45, 2.75) is 39.7 Å². The maximum absolute atomic E-state index is 12.3. The molecule has 1 saturated heterocycles. The van der Waals surface area contributed by atoms with E-state index in [0.717, 1.165) is 62.5 Å². The molecule has 0 saturated carbocycles. The van der Waals surface area contributed by atoms with Crippen LogP contribution in [0.1, 0.15) is 33.6 Å². The Morgan fingerprint density at radius 2 is 2.00 bits per heavy atom. The Bertz CT molecular complexity index is 666. The van der Waals surface area contributed by atoms with Crippen molar-refractivity contribution in [3.05, 3.63) is 18.3 Å². The van der Waals surface area contributed by atoms with E-state index in [4.69, 9.17) is 4.74 Å². The summed E-state index contributed by atoms with van der Waals surface area (Å²) in [4.78, 5) is 32.5. The molecule has 0 bridgehead atoms. The topological polar surface area (TPSA) is 98.8 Å². The van der Waals surface area contributed by atoms with Gasteiger partial charge in [-0.1, -0.05) is 13.8 Å². The molecule has 0 aromatic carbocycles. The van der Waals surface area contributed by atoms with Crippen molar-refractivity contribution in [3.63, 3.8) is 0 Å². The largest absolute Gasteiger partial charge is 0.450 e. The highest BCUT2D eigenvalue weighted by Gasteiger charge is 2.24. The normalized spacial score (nSPS) is 14.5. The molecule has 3 N–H and O–H groups in total. The van der Waals surface area contributed by atoms with Gasteiger partial charge in [-0.3, -0.25) is 4.79 Å². The number of piperidine rings is 1. The number of aromatic nitrogens is 1. The summed E-state index contributed by atoms with van der Waals surface area (Å²) < 4.78 is 8.12. The number of hydrogen-bond donors (Lipinski definition) is 3. The Balaban J connectivity index is 1.74. The minimum Gasteiger partial charge on any atom is -0.450 e. The molecule has 2 rings (SSSR count). The molecule has 10 heteroatoms. The molecular formula is C20H34N6O3S. The van der Waals surface area contributed by atoms with Crippen LogP contribution >= 0.6 is 11.9 Å². The lowest BCUT2D eigenvalue weighted by atomic mass is 10.1. The average molecular weight is 439 g/mol. The fourth-order valence-electron chi connectivity index (χ4n) is 3.22. The number of nitrogens with zero attached hydrogens (tertiary/aromatic N) is 3. The van der Waals surface area contributed by atoms with Gasteiger partial charge < -0.3 is 29.9 Å². The summed E-state index contributed by atoms with van der Waals surface area (Å²) in [5.74, 6) is 0.729. The number of hydrogen-bond acceptors (Lipinski definition) is 8. The van der Waals surface area contributed by atoms with Crippen molar-refractivity contribution < 1.29 is 14.3 Å². The quantitative estimate of drug-likeness (QED) is 0.479. The molecule has 1 aliphatic rings. The summed E-state index contributed by atoms with van der Waals surface area (Å²) in [6.45, 7) is 11.4. The fourth-order valence-corrected chi connectivity index (χ4v) is 3.81. The van der Waals surface area contributed by atoms with Crippen LogP contribution in [-0.2, 0) is 4.74 Å². The summed E-state index contributed by atoms with van der Waals surface area (Å²) >= 11 is 1.01. The first-order valence-corrected chi connectivity index (χ1v) is 11.4. The SMILES string of the molecule is CCOC(=O)N1CCC(NC(=O)SNc2cccnc2NCCN(CC)CC)CC1. The Morgan fingerprint density at radius 3 is 2.67 bits per heavy atom. The van der Waals surface area contributed by atoms with Crippen molar-refractivity contribution in [2.24, 2.45) is 0 Å². The van der Waals surface area contributed by atoms with Crippen LogP contribution in [0, 0.1) is 0 Å². The molecule has 2 amide bonds. The minimum absolute atomic E-state index is 0.0537. The highest BCUT2D eigenvalue weighted by molar-refractivity contribution is 8.14. The second-order valence-electron chi connectivity index (χ2n) is 6.95. The molecular weight excluding hydrogens is 404 g/mol. The van der Waals surface area contributed by atoms with E-state index >= 15 is 0 Å². The Kier molecular flexibility index (Phi) is 10.6. The first-order valence-electron chi connectivity index (χ1n) is 10.6. The van der Waals surface area contributed by atoms with Gasteiger partial charge in [-0.15, -0.1) is 0 Å². The van der Waals surface area contributed by atoms with E-state index in [0.29, 0.717) is 19.7 Å². The number of ether oxygens (including phenoxy) is 1. The monoisotopic (exact) mass is 438 g/mol. The molecule has 0 atom stereocenters. The predicted molar refractivity (Wildman–Crippen MR) is 122 cm³/mol. The summed E-state index contributed by atoms with van der Waals surface area (Å²) in [7, 11) is 0. The number of likely N-dealkylation sites (tertiary alicyclic amines) is 1. The molecule has 1 fully saturated rings. The highest BCUT2D eigenvalue weighted by Crippen LogP contribution is 2.22. The smallest absolute Gasteiger partial charge is 0.409 e. The molecule has 0 unspecified atom stereocenters. The predicted octanol–water partition coefficient (Wildman–Crippen LogP) is 3.23. The first kappa shape index (κ1) is 24.1. The summed E-state index contributed by atoms with van der Waals surface area (Å²) in [6.07, 6.45) is 2.88. The molecule has 168 valence electrons. The zero-order valence-electron chi connectivity index (χ0n) is 18.1. The van der Waals surface area contributed by atoms with Crippen molar-refractivity contribution in [1.29, 1.82) is 0 Å². The van der Waals surface area contributed by atoms with E-state index in [2.05, 4.69) is 39.1 Å². The van der Waals surface area contributed by atoms with Crippen molar-refractivity contribution in [2.75, 3.05) is 55.9 Å². The third-order valence-electron chi connectivity index (χ3n) is 5.02. The lowest BCUT2D eigenvalue weighted by Crippen LogP contribution is -2.46. The molecule has 2 heterocycles. The molecule has 30 heavy (non-hydrogen) atoms. The number of pyridine rings is 1. The van der Waals surface area contributed by atoms with Gasteiger partial charge in [0.25, 0.3) is 5.24 Å². The van der Waals surface area contributed by atoms with Crippen LogP contribution in [0.15, 0.2) is 18.3 Å². The van der Waals surface area contributed by atoms with Gasteiger partial charge in [-0.05, 0) is 45.0 Å². The summed E-state index contributed by atoms with van der Waals surface area (Å²) in [5, 5.41) is 6.19. The maximum atomic E-state index is 12.3. The Hall–Kier alpha value is -2.20. The first-order chi connectivity index (χ1) is 14.6. The maximum Gasteiger partial charge on any atom is 0.409 e. The minimum atomic E-state index is -0.282. The number of likely N-dealkylation sites (N-methyl/N-ethyl adjacent to an activating group) is 1. The average Bonchev–Trinajstić information content (AvgIpc) is 2.76. The van der Waals surface area contributed by atoms with Crippen LogP contribution in [-0.4, -0.2) is 78.0 Å². The zero-order valence-corrected chi connectivity index (χ0v) is 19.0.